The number of nitriles is 1. The maximum absolute atomic E-state index is 12.6. The van der Waals surface area contributed by atoms with Crippen LogP contribution in [0.5, 0.6) is 0 Å². The summed E-state index contributed by atoms with van der Waals surface area (Å²) in [5.41, 5.74) is -1.23. The van der Waals surface area contributed by atoms with Crippen molar-refractivity contribution in [2.45, 2.75) is 24.7 Å². The second-order valence-electron chi connectivity index (χ2n) is 4.63. The highest BCUT2D eigenvalue weighted by molar-refractivity contribution is 6.03. The Morgan fingerprint density at radius 1 is 1.17 bits per heavy atom. The number of nitrogens with zero attached hydrogens (tertiary/aromatic N) is 5. The molecule has 0 amide bonds. The molecule has 0 bridgehead atoms. The van der Waals surface area contributed by atoms with Gasteiger partial charge in [0.25, 0.3) is 0 Å². The van der Waals surface area contributed by atoms with Gasteiger partial charge in [-0.3, -0.25) is 0 Å². The Bertz CT molecular complexity index is 680. The smallest absolute Gasteiger partial charge is 0.383 e. The lowest BCUT2D eigenvalue weighted by Gasteiger charge is -2.26. The molecule has 13 heteroatoms. The summed E-state index contributed by atoms with van der Waals surface area (Å²) < 4.78 is 74.9. The second kappa shape index (κ2) is 5.87. The van der Waals surface area contributed by atoms with Gasteiger partial charge in [0.2, 0.25) is 5.82 Å². The van der Waals surface area contributed by atoms with Gasteiger partial charge in [-0.15, -0.1) is 0 Å². The van der Waals surface area contributed by atoms with Crippen LogP contribution in [-0.2, 0) is 6.18 Å². The first-order valence-electron chi connectivity index (χ1n) is 6.06. The third kappa shape index (κ3) is 3.24. The highest BCUT2D eigenvalue weighted by Gasteiger charge is 2.52. The van der Waals surface area contributed by atoms with E-state index in [1.165, 1.54) is 6.07 Å². The largest absolute Gasteiger partial charge is 0.451 e. The topological polar surface area (TPSA) is 106 Å². The van der Waals surface area contributed by atoms with Gasteiger partial charge < -0.3 is 10.2 Å². The lowest BCUT2D eigenvalue weighted by atomic mass is 9.96. The molecule has 0 fully saturated rings. The molecule has 1 aliphatic rings. The average Bonchev–Trinajstić information content (AvgIpc) is 2.81. The summed E-state index contributed by atoms with van der Waals surface area (Å²) in [6.07, 6.45) is -14.1. The molecule has 7 nitrogen and oxygen atoms in total. The molecular formula is C11H7F6N5O2. The fourth-order valence-electron chi connectivity index (χ4n) is 1.94. The van der Waals surface area contributed by atoms with Gasteiger partial charge in [-0.05, 0) is 0 Å². The van der Waals surface area contributed by atoms with E-state index in [4.69, 9.17) is 5.26 Å². The second-order valence-corrected chi connectivity index (χ2v) is 4.63. The van der Waals surface area contributed by atoms with E-state index in [2.05, 4.69) is 15.1 Å². The first kappa shape index (κ1) is 17.9. The molecule has 0 aromatic carbocycles. The third-order valence-electron chi connectivity index (χ3n) is 3.05. The lowest BCUT2D eigenvalue weighted by Crippen LogP contribution is -2.46. The van der Waals surface area contributed by atoms with Gasteiger partial charge in [-0.25, -0.2) is 15.0 Å². The number of halogens is 6. The minimum atomic E-state index is -5.14. The van der Waals surface area contributed by atoms with Gasteiger partial charge in [-0.1, -0.05) is 0 Å². The number of hydrazone groups is 1. The fraction of sp³-hybridized carbons (Fsp3) is 0.455. The Kier molecular flexibility index (Phi) is 4.38. The maximum atomic E-state index is 12.6. The summed E-state index contributed by atoms with van der Waals surface area (Å²) in [5, 5.41) is 31.8. The van der Waals surface area contributed by atoms with Gasteiger partial charge in [-0.2, -0.15) is 36.7 Å². The molecule has 0 aliphatic carbocycles. The zero-order valence-corrected chi connectivity index (χ0v) is 11.3. The standard InChI is InChI=1S/C11H7F6N5O2/c12-10(13,14)7(23)6-5(1-18)21-22(8(6)24)4-2-19-9(20-3-4)11(15,16)17/h2-3,6-8,23-24H. The molecular weight excluding hydrogens is 348 g/mol. The minimum Gasteiger partial charge on any atom is -0.383 e. The van der Waals surface area contributed by atoms with Crippen molar-refractivity contribution in [1.82, 2.24) is 9.97 Å². The normalized spacial score (nSPS) is 23.0. The monoisotopic (exact) mass is 355 g/mol. The summed E-state index contributed by atoms with van der Waals surface area (Å²) >= 11 is 0. The third-order valence-corrected chi connectivity index (χ3v) is 3.05. The molecule has 1 aliphatic heterocycles. The molecule has 2 rings (SSSR count). The van der Waals surface area contributed by atoms with Crippen molar-refractivity contribution in [2.75, 3.05) is 5.01 Å². The van der Waals surface area contributed by atoms with Crippen LogP contribution in [0.2, 0.25) is 0 Å². The van der Waals surface area contributed by atoms with E-state index in [-0.39, 0.29) is 5.69 Å². The molecule has 2 heterocycles. The predicted molar refractivity (Wildman–Crippen MR) is 64.1 cm³/mol. The number of aliphatic hydroxyl groups is 2. The number of aromatic nitrogens is 2. The zero-order valence-electron chi connectivity index (χ0n) is 11.3. The molecule has 3 unspecified atom stereocenters. The SMILES string of the molecule is N#CC1=NN(c2cnc(C(F)(F)F)nc2)C(O)C1C(O)C(F)(F)F. The van der Waals surface area contributed by atoms with E-state index in [0.717, 1.165) is 0 Å². The van der Waals surface area contributed by atoms with Gasteiger partial charge in [0.15, 0.2) is 12.3 Å². The molecule has 2 N–H and O–H groups in total. The minimum absolute atomic E-state index is 0.389. The average molecular weight is 355 g/mol. The number of rotatable bonds is 2. The van der Waals surface area contributed by atoms with Crippen LogP contribution in [-0.4, -0.2) is 44.4 Å². The zero-order chi connectivity index (χ0) is 18.3. The van der Waals surface area contributed by atoms with Crippen LogP contribution < -0.4 is 5.01 Å². The van der Waals surface area contributed by atoms with E-state index >= 15 is 0 Å². The Morgan fingerprint density at radius 3 is 2.12 bits per heavy atom. The van der Waals surface area contributed by atoms with Gasteiger partial charge in [0, 0.05) is 0 Å². The Morgan fingerprint density at radius 2 is 1.71 bits per heavy atom. The summed E-state index contributed by atoms with van der Waals surface area (Å²) in [6, 6.07) is 1.30. The molecule has 0 saturated carbocycles. The van der Waals surface area contributed by atoms with E-state index in [0.29, 0.717) is 17.4 Å². The highest BCUT2D eigenvalue weighted by Crippen LogP contribution is 2.35. The van der Waals surface area contributed by atoms with Crippen LogP contribution in [0.25, 0.3) is 0 Å². The molecule has 0 spiro atoms. The van der Waals surface area contributed by atoms with Crippen LogP contribution in [0.1, 0.15) is 5.82 Å². The summed E-state index contributed by atoms with van der Waals surface area (Å²) in [6.45, 7) is 0. The first-order valence-corrected chi connectivity index (χ1v) is 6.06. The van der Waals surface area contributed by atoms with Crippen molar-refractivity contribution in [3.63, 3.8) is 0 Å². The van der Waals surface area contributed by atoms with Crippen LogP contribution in [0.15, 0.2) is 17.5 Å². The van der Waals surface area contributed by atoms with Crippen molar-refractivity contribution in [1.29, 1.82) is 5.26 Å². The predicted octanol–water partition coefficient (Wildman–Crippen LogP) is 1.05. The first-order chi connectivity index (χ1) is 11.0. The number of hydrogen-bond acceptors (Lipinski definition) is 7. The molecule has 1 aromatic rings. The molecule has 24 heavy (non-hydrogen) atoms. The summed E-state index contributed by atoms with van der Waals surface area (Å²) in [4.78, 5) is 5.95. The Balaban J connectivity index is 2.33. The number of anilines is 1. The fourth-order valence-corrected chi connectivity index (χ4v) is 1.94. The maximum Gasteiger partial charge on any atom is 0.451 e. The van der Waals surface area contributed by atoms with E-state index in [1.54, 1.807) is 0 Å². The Labute approximate surface area is 129 Å². The van der Waals surface area contributed by atoms with Crippen molar-refractivity contribution in [3.8, 4) is 6.07 Å². The van der Waals surface area contributed by atoms with Crippen LogP contribution >= 0.6 is 0 Å². The van der Waals surface area contributed by atoms with Crippen molar-refractivity contribution >= 4 is 11.4 Å². The number of aliphatic hydroxyl groups excluding tert-OH is 2. The summed E-state index contributed by atoms with van der Waals surface area (Å²) in [5.74, 6) is -3.63. The summed E-state index contributed by atoms with van der Waals surface area (Å²) in [7, 11) is 0. The number of alkyl halides is 6. The van der Waals surface area contributed by atoms with E-state index in [1.807, 2.05) is 0 Å². The lowest BCUT2D eigenvalue weighted by molar-refractivity contribution is -0.218. The highest BCUT2D eigenvalue weighted by atomic mass is 19.4. The van der Waals surface area contributed by atoms with Gasteiger partial charge in [0.1, 0.15) is 11.8 Å². The van der Waals surface area contributed by atoms with Crippen LogP contribution in [0.3, 0.4) is 0 Å². The van der Waals surface area contributed by atoms with E-state index < -0.39 is 42.1 Å². The van der Waals surface area contributed by atoms with Gasteiger partial charge in [0.05, 0.1) is 24.0 Å². The molecule has 3 atom stereocenters. The van der Waals surface area contributed by atoms with E-state index in [9.17, 15) is 36.6 Å². The van der Waals surface area contributed by atoms with Crippen molar-refractivity contribution in [3.05, 3.63) is 18.2 Å². The Hall–Kier alpha value is -2.46. The van der Waals surface area contributed by atoms with Crippen LogP contribution in [0.4, 0.5) is 32.0 Å². The van der Waals surface area contributed by atoms with Crippen molar-refractivity contribution in [2.24, 2.45) is 11.0 Å². The van der Waals surface area contributed by atoms with Crippen molar-refractivity contribution < 1.29 is 36.6 Å². The van der Waals surface area contributed by atoms with Gasteiger partial charge >= 0.3 is 12.4 Å². The van der Waals surface area contributed by atoms with Crippen LogP contribution in [0, 0.1) is 17.2 Å². The molecule has 1 aromatic heterocycles. The number of hydrogen-bond donors (Lipinski definition) is 2. The molecule has 0 radical (unpaired) electrons. The quantitative estimate of drug-likeness (QED) is 0.769. The molecule has 130 valence electrons. The molecule has 0 saturated heterocycles.